The Morgan fingerprint density at radius 2 is 2.24 bits per heavy atom. The quantitative estimate of drug-likeness (QED) is 0.715. The lowest BCUT2D eigenvalue weighted by Gasteiger charge is -2.45. The smallest absolute Gasteiger partial charge is 0.241 e. The van der Waals surface area contributed by atoms with E-state index in [9.17, 15) is 4.79 Å². The SMILES string of the molecule is Cc1cccc2c1N(C)CC1CNCC(=O)N21. The van der Waals surface area contributed by atoms with Crippen LogP contribution in [0.15, 0.2) is 18.2 Å². The number of likely N-dealkylation sites (N-methyl/N-ethyl adjacent to an activating group) is 1. The Labute approximate surface area is 101 Å². The first-order valence-electron chi connectivity index (χ1n) is 6.02. The summed E-state index contributed by atoms with van der Waals surface area (Å²) >= 11 is 0. The van der Waals surface area contributed by atoms with Gasteiger partial charge in [0.1, 0.15) is 0 Å². The van der Waals surface area contributed by atoms with E-state index >= 15 is 0 Å². The highest BCUT2D eigenvalue weighted by atomic mass is 16.2. The van der Waals surface area contributed by atoms with E-state index in [0.717, 1.165) is 18.8 Å². The molecule has 0 spiro atoms. The molecule has 2 heterocycles. The maximum absolute atomic E-state index is 12.1. The Hall–Kier alpha value is -1.55. The maximum Gasteiger partial charge on any atom is 0.241 e. The first-order chi connectivity index (χ1) is 8.18. The molecule has 4 heteroatoms. The highest BCUT2D eigenvalue weighted by Gasteiger charge is 2.36. The largest absolute Gasteiger partial charge is 0.371 e. The average Bonchev–Trinajstić information content (AvgIpc) is 2.28. The van der Waals surface area contributed by atoms with Gasteiger partial charge in [-0.25, -0.2) is 0 Å². The molecule has 1 aromatic rings. The van der Waals surface area contributed by atoms with E-state index in [1.165, 1.54) is 11.3 Å². The van der Waals surface area contributed by atoms with E-state index in [-0.39, 0.29) is 11.9 Å². The van der Waals surface area contributed by atoms with Gasteiger partial charge >= 0.3 is 0 Å². The van der Waals surface area contributed by atoms with Crippen LogP contribution in [0.5, 0.6) is 0 Å². The number of hydrogen-bond acceptors (Lipinski definition) is 3. The number of piperazine rings is 1. The molecule has 3 rings (SSSR count). The summed E-state index contributed by atoms with van der Waals surface area (Å²) in [5.41, 5.74) is 3.49. The zero-order valence-electron chi connectivity index (χ0n) is 10.2. The summed E-state index contributed by atoms with van der Waals surface area (Å²) in [6.07, 6.45) is 0. The van der Waals surface area contributed by atoms with E-state index in [0.29, 0.717) is 6.54 Å². The molecule has 0 bridgehead atoms. The number of carbonyl (C=O) groups is 1. The van der Waals surface area contributed by atoms with Gasteiger partial charge in [-0.1, -0.05) is 12.1 Å². The van der Waals surface area contributed by atoms with Gasteiger partial charge in [0.15, 0.2) is 0 Å². The first kappa shape index (κ1) is 10.6. The summed E-state index contributed by atoms with van der Waals surface area (Å²) in [4.78, 5) is 16.3. The van der Waals surface area contributed by atoms with Crippen LogP contribution in [-0.2, 0) is 4.79 Å². The van der Waals surface area contributed by atoms with Crippen LogP contribution in [0.2, 0.25) is 0 Å². The van der Waals surface area contributed by atoms with Crippen LogP contribution in [0.4, 0.5) is 11.4 Å². The fraction of sp³-hybridized carbons (Fsp3) is 0.462. The highest BCUT2D eigenvalue weighted by Crippen LogP contribution is 2.37. The minimum Gasteiger partial charge on any atom is -0.371 e. The molecule has 0 aromatic heterocycles. The molecule has 0 radical (unpaired) electrons. The van der Waals surface area contributed by atoms with Gasteiger partial charge < -0.3 is 15.1 Å². The minimum atomic E-state index is 0.182. The fourth-order valence-corrected chi connectivity index (χ4v) is 2.94. The molecule has 90 valence electrons. The first-order valence-corrected chi connectivity index (χ1v) is 6.02. The second-order valence-corrected chi connectivity index (χ2v) is 4.87. The van der Waals surface area contributed by atoms with Crippen LogP contribution >= 0.6 is 0 Å². The van der Waals surface area contributed by atoms with Crippen molar-refractivity contribution in [2.75, 3.05) is 36.5 Å². The lowest BCUT2D eigenvalue weighted by Crippen LogP contribution is -2.61. The number of nitrogens with zero attached hydrogens (tertiary/aromatic N) is 2. The summed E-state index contributed by atoms with van der Waals surface area (Å²) in [5.74, 6) is 0.182. The number of carbonyl (C=O) groups excluding carboxylic acids is 1. The summed E-state index contributed by atoms with van der Waals surface area (Å²) < 4.78 is 0. The summed E-state index contributed by atoms with van der Waals surface area (Å²) in [7, 11) is 2.10. The zero-order valence-corrected chi connectivity index (χ0v) is 10.2. The Balaban J connectivity index is 2.14. The van der Waals surface area contributed by atoms with Crippen molar-refractivity contribution < 1.29 is 4.79 Å². The molecule has 1 aromatic carbocycles. The molecular weight excluding hydrogens is 214 g/mol. The molecule has 2 aliphatic heterocycles. The van der Waals surface area contributed by atoms with Crippen LogP contribution < -0.4 is 15.1 Å². The number of aryl methyl sites for hydroxylation is 1. The van der Waals surface area contributed by atoms with Gasteiger partial charge in [0, 0.05) is 20.1 Å². The highest BCUT2D eigenvalue weighted by molar-refractivity contribution is 6.00. The second kappa shape index (κ2) is 3.74. The van der Waals surface area contributed by atoms with Crippen molar-refractivity contribution in [2.24, 2.45) is 0 Å². The van der Waals surface area contributed by atoms with Crippen LogP contribution in [0.3, 0.4) is 0 Å². The van der Waals surface area contributed by atoms with Crippen molar-refractivity contribution >= 4 is 17.3 Å². The number of fused-ring (bicyclic) bond motifs is 3. The fourth-order valence-electron chi connectivity index (χ4n) is 2.94. The molecule has 4 nitrogen and oxygen atoms in total. The third-order valence-corrected chi connectivity index (χ3v) is 3.63. The third kappa shape index (κ3) is 1.52. The lowest BCUT2D eigenvalue weighted by atomic mass is 10.0. The van der Waals surface area contributed by atoms with Gasteiger partial charge in [-0.15, -0.1) is 0 Å². The van der Waals surface area contributed by atoms with Gasteiger partial charge in [0.2, 0.25) is 5.91 Å². The number of amides is 1. The van der Waals surface area contributed by atoms with Gasteiger partial charge in [0.05, 0.1) is 24.0 Å². The van der Waals surface area contributed by atoms with E-state index in [1.54, 1.807) is 0 Å². The summed E-state index contributed by atoms with van der Waals surface area (Å²) in [6, 6.07) is 6.44. The standard InChI is InChI=1S/C13H17N3O/c1-9-4-3-5-11-13(9)15(2)8-10-6-14-7-12(17)16(10)11/h3-5,10,14H,6-8H2,1-2H3. The van der Waals surface area contributed by atoms with Crippen LogP contribution in [0, 0.1) is 6.92 Å². The number of para-hydroxylation sites is 1. The minimum absolute atomic E-state index is 0.182. The van der Waals surface area contributed by atoms with Crippen molar-refractivity contribution in [3.05, 3.63) is 23.8 Å². The van der Waals surface area contributed by atoms with E-state index in [4.69, 9.17) is 0 Å². The van der Waals surface area contributed by atoms with Crippen molar-refractivity contribution in [2.45, 2.75) is 13.0 Å². The topological polar surface area (TPSA) is 35.6 Å². The molecule has 1 unspecified atom stereocenters. The second-order valence-electron chi connectivity index (χ2n) is 4.87. The number of hydrogen-bond donors (Lipinski definition) is 1. The molecule has 1 saturated heterocycles. The Morgan fingerprint density at radius 3 is 3.06 bits per heavy atom. The number of anilines is 2. The predicted octanol–water partition coefficient (Wildman–Crippen LogP) is 0.750. The molecule has 0 saturated carbocycles. The third-order valence-electron chi connectivity index (χ3n) is 3.63. The molecule has 17 heavy (non-hydrogen) atoms. The number of benzene rings is 1. The maximum atomic E-state index is 12.1. The van der Waals surface area contributed by atoms with Crippen molar-refractivity contribution in [1.29, 1.82) is 0 Å². The molecule has 1 atom stereocenters. The van der Waals surface area contributed by atoms with E-state index in [1.807, 2.05) is 17.0 Å². The van der Waals surface area contributed by atoms with Crippen LogP contribution in [0.1, 0.15) is 5.56 Å². The van der Waals surface area contributed by atoms with E-state index < -0.39 is 0 Å². The molecule has 0 aliphatic carbocycles. The Morgan fingerprint density at radius 1 is 1.41 bits per heavy atom. The Bertz CT molecular complexity index is 472. The number of rotatable bonds is 0. The van der Waals surface area contributed by atoms with Crippen molar-refractivity contribution in [3.63, 3.8) is 0 Å². The predicted molar refractivity (Wildman–Crippen MR) is 68.6 cm³/mol. The van der Waals surface area contributed by atoms with Gasteiger partial charge in [-0.2, -0.15) is 0 Å². The van der Waals surface area contributed by atoms with Crippen molar-refractivity contribution in [3.8, 4) is 0 Å². The van der Waals surface area contributed by atoms with Crippen LogP contribution in [0.25, 0.3) is 0 Å². The van der Waals surface area contributed by atoms with Crippen molar-refractivity contribution in [1.82, 2.24) is 5.32 Å². The normalized spacial score (nSPS) is 23.4. The van der Waals surface area contributed by atoms with Gasteiger partial charge in [-0.3, -0.25) is 4.79 Å². The van der Waals surface area contributed by atoms with Gasteiger partial charge in [0.25, 0.3) is 0 Å². The molecule has 1 N–H and O–H groups in total. The molecule has 1 fully saturated rings. The summed E-state index contributed by atoms with van der Waals surface area (Å²) in [5, 5.41) is 3.18. The van der Waals surface area contributed by atoms with Crippen LogP contribution in [-0.4, -0.2) is 38.6 Å². The molecule has 2 aliphatic rings. The summed E-state index contributed by atoms with van der Waals surface area (Å²) in [6.45, 7) is 4.33. The lowest BCUT2D eigenvalue weighted by molar-refractivity contribution is -0.119. The van der Waals surface area contributed by atoms with Gasteiger partial charge in [-0.05, 0) is 18.6 Å². The number of nitrogens with one attached hydrogen (secondary N) is 1. The zero-order chi connectivity index (χ0) is 12.0. The molecule has 1 amide bonds. The monoisotopic (exact) mass is 231 g/mol. The average molecular weight is 231 g/mol. The Kier molecular flexibility index (Phi) is 2.33. The van der Waals surface area contributed by atoms with E-state index in [2.05, 4.69) is 30.3 Å². The molecular formula is C13H17N3O.